The third kappa shape index (κ3) is 4.64. The van der Waals surface area contributed by atoms with E-state index in [1.807, 2.05) is 60.7 Å². The number of ether oxygens (including phenoxy) is 2. The zero-order chi connectivity index (χ0) is 25.7. The van der Waals surface area contributed by atoms with Crippen molar-refractivity contribution in [3.63, 3.8) is 0 Å². The van der Waals surface area contributed by atoms with Crippen LogP contribution in [0.1, 0.15) is 29.2 Å². The lowest BCUT2D eigenvalue weighted by atomic mass is 9.68. The molecular formula is C34H29NO2. The van der Waals surface area contributed by atoms with Crippen LogP contribution in [-0.4, -0.2) is 13.3 Å². The van der Waals surface area contributed by atoms with Gasteiger partial charge in [-0.15, -0.1) is 0 Å². The Bertz CT molecular complexity index is 1440. The summed E-state index contributed by atoms with van der Waals surface area (Å²) >= 11 is 0. The fourth-order valence-electron chi connectivity index (χ4n) is 4.93. The Morgan fingerprint density at radius 3 is 1.70 bits per heavy atom. The molecule has 0 aromatic heterocycles. The number of methoxy groups -OCH3 is 1. The van der Waals surface area contributed by atoms with Crippen molar-refractivity contribution in [2.24, 2.45) is 0 Å². The molecule has 5 rings (SSSR count). The molecular weight excluding hydrogens is 454 g/mol. The van der Waals surface area contributed by atoms with Crippen LogP contribution in [0.3, 0.4) is 0 Å². The summed E-state index contributed by atoms with van der Waals surface area (Å²) in [6, 6.07) is 43.1. The number of rotatable bonds is 8. The van der Waals surface area contributed by atoms with Crippen LogP contribution >= 0.6 is 0 Å². The summed E-state index contributed by atoms with van der Waals surface area (Å²) in [6.07, 6.45) is 1.32. The quantitative estimate of drug-likeness (QED) is 0.178. The Balaban J connectivity index is 1.77. The zero-order valence-electron chi connectivity index (χ0n) is 21.0. The van der Waals surface area contributed by atoms with Crippen molar-refractivity contribution in [2.75, 3.05) is 7.11 Å². The van der Waals surface area contributed by atoms with Gasteiger partial charge in [0.25, 0.3) is 0 Å². The molecule has 5 aromatic rings. The van der Waals surface area contributed by atoms with Crippen molar-refractivity contribution < 1.29 is 9.47 Å². The lowest BCUT2D eigenvalue weighted by molar-refractivity contribution is 0.379. The summed E-state index contributed by atoms with van der Waals surface area (Å²) in [7, 11) is 1.69. The van der Waals surface area contributed by atoms with Crippen molar-refractivity contribution >= 4 is 6.21 Å². The maximum atomic E-state index is 7.46. The van der Waals surface area contributed by atoms with E-state index in [1.165, 1.54) is 17.3 Å². The molecule has 0 radical (unpaired) electrons. The minimum Gasteiger partial charge on any atom is -0.492 e. The van der Waals surface area contributed by atoms with E-state index < -0.39 is 5.41 Å². The first kappa shape index (κ1) is 24.1. The van der Waals surface area contributed by atoms with Crippen molar-refractivity contribution in [3.05, 3.63) is 150 Å². The lowest BCUT2D eigenvalue weighted by Gasteiger charge is -2.34. The fourth-order valence-corrected chi connectivity index (χ4v) is 4.93. The van der Waals surface area contributed by atoms with Gasteiger partial charge in [0, 0.05) is 17.2 Å². The maximum absolute atomic E-state index is 7.46. The molecule has 0 bridgehead atoms. The molecule has 182 valence electrons. The van der Waals surface area contributed by atoms with Crippen LogP contribution in [0.4, 0.5) is 0 Å². The molecule has 0 spiro atoms. The van der Waals surface area contributed by atoms with Crippen LogP contribution in [0.2, 0.25) is 0 Å². The fraction of sp³-hybridized carbons (Fsp3) is 0.0882. The monoisotopic (exact) mass is 483 g/mol. The molecule has 0 aliphatic carbocycles. The lowest BCUT2D eigenvalue weighted by Crippen LogP contribution is -2.26. The maximum Gasteiger partial charge on any atom is 0.169 e. The van der Waals surface area contributed by atoms with E-state index in [0.717, 1.165) is 22.3 Å². The highest BCUT2D eigenvalue weighted by molar-refractivity contribution is 5.81. The Morgan fingerprint density at radius 2 is 1.19 bits per heavy atom. The van der Waals surface area contributed by atoms with Gasteiger partial charge in [0.05, 0.1) is 7.11 Å². The summed E-state index contributed by atoms with van der Waals surface area (Å²) in [5, 5.41) is 7.46. The predicted molar refractivity (Wildman–Crippen MR) is 151 cm³/mol. The number of hydrogen-bond acceptors (Lipinski definition) is 3. The third-order valence-corrected chi connectivity index (χ3v) is 6.90. The van der Waals surface area contributed by atoms with Gasteiger partial charge in [0.2, 0.25) is 0 Å². The average Bonchev–Trinajstić information content (AvgIpc) is 2.98. The largest absolute Gasteiger partial charge is 0.492 e. The van der Waals surface area contributed by atoms with E-state index in [9.17, 15) is 0 Å². The summed E-state index contributed by atoms with van der Waals surface area (Å²) < 4.78 is 12.4. The summed E-state index contributed by atoms with van der Waals surface area (Å²) in [6.45, 7) is 2.27. The first-order valence-electron chi connectivity index (χ1n) is 12.3. The molecule has 0 amide bonds. The van der Waals surface area contributed by atoms with Gasteiger partial charge in [0.15, 0.2) is 11.5 Å². The molecule has 37 heavy (non-hydrogen) atoms. The molecule has 0 aliphatic rings. The molecule has 0 heterocycles. The number of hydrogen-bond donors (Lipinski definition) is 1. The standard InChI is InChI=1S/C34H29NO2/c1-34(27-14-8-4-9-15-27,28-16-10-5-11-17-28)30-22-23-31(37-29-20-18-25(24-35)19-21-29)33(36-2)32(30)26-12-6-3-7-13-26/h3-24,35H,1-2H3. The molecule has 0 saturated heterocycles. The van der Waals surface area contributed by atoms with Crippen LogP contribution in [0, 0.1) is 5.41 Å². The van der Waals surface area contributed by atoms with E-state index in [2.05, 4.69) is 73.7 Å². The SMILES string of the molecule is COc1c(Oc2ccc(C=N)cc2)ccc(C(C)(c2ccccc2)c2ccccc2)c1-c1ccccc1. The Labute approximate surface area is 218 Å². The van der Waals surface area contributed by atoms with E-state index in [0.29, 0.717) is 17.2 Å². The predicted octanol–water partition coefficient (Wildman–Crippen LogP) is 8.51. The van der Waals surface area contributed by atoms with Gasteiger partial charge in [-0.1, -0.05) is 97.1 Å². The van der Waals surface area contributed by atoms with Gasteiger partial charge in [-0.2, -0.15) is 0 Å². The van der Waals surface area contributed by atoms with Gasteiger partial charge in [-0.25, -0.2) is 0 Å². The molecule has 3 nitrogen and oxygen atoms in total. The smallest absolute Gasteiger partial charge is 0.169 e. The minimum absolute atomic E-state index is 0.453. The average molecular weight is 484 g/mol. The molecule has 1 N–H and O–H groups in total. The summed E-state index contributed by atoms with van der Waals surface area (Å²) in [5.41, 5.74) is 5.92. The van der Waals surface area contributed by atoms with E-state index in [4.69, 9.17) is 14.9 Å². The highest BCUT2D eigenvalue weighted by Gasteiger charge is 2.35. The van der Waals surface area contributed by atoms with Crippen molar-refractivity contribution in [3.8, 4) is 28.4 Å². The van der Waals surface area contributed by atoms with Gasteiger partial charge in [0.1, 0.15) is 5.75 Å². The second-order valence-corrected chi connectivity index (χ2v) is 9.06. The van der Waals surface area contributed by atoms with Crippen LogP contribution < -0.4 is 9.47 Å². The Hall–Kier alpha value is -4.63. The van der Waals surface area contributed by atoms with Gasteiger partial charge in [-0.05, 0) is 65.1 Å². The van der Waals surface area contributed by atoms with E-state index >= 15 is 0 Å². The zero-order valence-corrected chi connectivity index (χ0v) is 21.0. The van der Waals surface area contributed by atoms with Crippen LogP contribution in [-0.2, 0) is 5.41 Å². The molecule has 0 saturated carbocycles. The highest BCUT2D eigenvalue weighted by Crippen LogP contribution is 2.50. The number of benzene rings is 5. The van der Waals surface area contributed by atoms with Crippen molar-refractivity contribution in [2.45, 2.75) is 12.3 Å². The Morgan fingerprint density at radius 1 is 0.649 bits per heavy atom. The second-order valence-electron chi connectivity index (χ2n) is 9.06. The molecule has 0 atom stereocenters. The van der Waals surface area contributed by atoms with E-state index in [-0.39, 0.29) is 0 Å². The molecule has 5 aromatic carbocycles. The number of nitrogens with one attached hydrogen (secondary N) is 1. The van der Waals surface area contributed by atoms with Crippen LogP contribution in [0.25, 0.3) is 11.1 Å². The Kier molecular flexibility index (Phi) is 6.87. The van der Waals surface area contributed by atoms with E-state index in [1.54, 1.807) is 7.11 Å². The highest BCUT2D eigenvalue weighted by atomic mass is 16.5. The van der Waals surface area contributed by atoms with Crippen LogP contribution in [0.5, 0.6) is 17.2 Å². The first-order valence-corrected chi connectivity index (χ1v) is 12.3. The topological polar surface area (TPSA) is 42.3 Å². The van der Waals surface area contributed by atoms with Crippen LogP contribution in [0.15, 0.2) is 127 Å². The molecule has 0 unspecified atom stereocenters. The molecule has 0 aliphatic heterocycles. The normalized spacial score (nSPS) is 11.1. The molecule has 3 heteroatoms. The third-order valence-electron chi connectivity index (χ3n) is 6.90. The summed E-state index contributed by atoms with van der Waals surface area (Å²) in [4.78, 5) is 0. The summed E-state index contributed by atoms with van der Waals surface area (Å²) in [5.74, 6) is 2.00. The van der Waals surface area contributed by atoms with Gasteiger partial charge < -0.3 is 14.9 Å². The second kappa shape index (κ2) is 10.5. The van der Waals surface area contributed by atoms with Gasteiger partial charge >= 0.3 is 0 Å². The molecule has 0 fully saturated rings. The van der Waals surface area contributed by atoms with Crippen molar-refractivity contribution in [1.29, 1.82) is 5.41 Å². The van der Waals surface area contributed by atoms with Crippen molar-refractivity contribution in [1.82, 2.24) is 0 Å². The first-order chi connectivity index (χ1) is 18.1. The minimum atomic E-state index is -0.453. The van der Waals surface area contributed by atoms with Gasteiger partial charge in [-0.3, -0.25) is 0 Å².